The van der Waals surface area contributed by atoms with Gasteiger partial charge in [-0.3, -0.25) is 9.69 Å². The molecule has 25 heavy (non-hydrogen) atoms. The monoisotopic (exact) mass is 347 g/mol. The van der Waals surface area contributed by atoms with Crippen LogP contribution in [0.15, 0.2) is 12.2 Å². The number of esters is 1. The van der Waals surface area contributed by atoms with Gasteiger partial charge in [-0.1, -0.05) is 19.1 Å². The molecule has 4 fully saturated rings. The van der Waals surface area contributed by atoms with Crippen LogP contribution >= 0.6 is 0 Å². The molecular weight excluding hydrogens is 314 g/mol. The number of carbonyl (C=O) groups is 1. The van der Waals surface area contributed by atoms with Crippen molar-refractivity contribution >= 4 is 5.97 Å². The smallest absolute Gasteiger partial charge is 0.310 e. The summed E-state index contributed by atoms with van der Waals surface area (Å²) in [5.41, 5.74) is 1.70. The first-order valence-corrected chi connectivity index (χ1v) is 10.1. The quantitative estimate of drug-likeness (QED) is 0.567. The molecule has 4 nitrogen and oxygen atoms in total. The highest BCUT2D eigenvalue weighted by atomic mass is 16.6. The average Bonchev–Trinajstić information content (AvgIpc) is 2.79. The molecule has 2 aliphatic heterocycles. The molecule has 2 heterocycles. The second-order valence-corrected chi connectivity index (χ2v) is 9.38. The Morgan fingerprint density at radius 1 is 1.28 bits per heavy atom. The number of rotatable bonds is 2. The topological polar surface area (TPSA) is 38.8 Å². The van der Waals surface area contributed by atoms with E-state index in [1.54, 1.807) is 0 Å². The minimum atomic E-state index is 0.0294. The molecule has 140 valence electrons. The second-order valence-electron chi connectivity index (χ2n) is 9.38. The molecule has 0 amide bonds. The number of fused-ring (bicyclic) bond motifs is 2. The average molecular weight is 347 g/mol. The number of nitrogens with zero attached hydrogens (tertiary/aromatic N) is 1. The van der Waals surface area contributed by atoms with Crippen LogP contribution in [0.2, 0.25) is 0 Å². The van der Waals surface area contributed by atoms with Gasteiger partial charge < -0.3 is 9.47 Å². The Morgan fingerprint density at radius 2 is 2.00 bits per heavy atom. The van der Waals surface area contributed by atoms with Crippen molar-refractivity contribution in [2.75, 3.05) is 19.6 Å². The predicted molar refractivity (Wildman–Crippen MR) is 97.1 cm³/mol. The normalized spacial score (nSPS) is 48.0. The SMILES string of the molecule is C=C1CCC[C@]2(C)C[C@H]3OC(=O)[C@H](CN4C[C@@H](C)O[C@@H](C)C4)[C@H]3C[C@@H]12. The lowest BCUT2D eigenvalue weighted by molar-refractivity contribution is -0.147. The number of hydrogen-bond acceptors (Lipinski definition) is 4. The summed E-state index contributed by atoms with van der Waals surface area (Å²) in [6.45, 7) is 13.7. The highest BCUT2D eigenvalue weighted by molar-refractivity contribution is 5.75. The van der Waals surface area contributed by atoms with Crippen molar-refractivity contribution in [1.29, 1.82) is 0 Å². The molecule has 0 N–H and O–H groups in total. The van der Waals surface area contributed by atoms with Crippen LogP contribution in [0.1, 0.15) is 52.9 Å². The van der Waals surface area contributed by atoms with E-state index in [-0.39, 0.29) is 35.6 Å². The van der Waals surface area contributed by atoms with Crippen LogP contribution in [-0.2, 0) is 14.3 Å². The van der Waals surface area contributed by atoms with E-state index in [4.69, 9.17) is 9.47 Å². The van der Waals surface area contributed by atoms with Crippen molar-refractivity contribution in [2.24, 2.45) is 23.2 Å². The number of carbonyl (C=O) groups excluding carboxylic acids is 1. The van der Waals surface area contributed by atoms with Gasteiger partial charge in [0.15, 0.2) is 0 Å². The minimum absolute atomic E-state index is 0.0294. The van der Waals surface area contributed by atoms with E-state index in [1.165, 1.54) is 18.4 Å². The second kappa shape index (κ2) is 6.38. The van der Waals surface area contributed by atoms with Crippen molar-refractivity contribution in [3.63, 3.8) is 0 Å². The van der Waals surface area contributed by atoms with E-state index < -0.39 is 0 Å². The van der Waals surface area contributed by atoms with E-state index in [9.17, 15) is 4.79 Å². The van der Waals surface area contributed by atoms with Gasteiger partial charge in [-0.15, -0.1) is 0 Å². The first kappa shape index (κ1) is 17.5. The van der Waals surface area contributed by atoms with Gasteiger partial charge in [0.1, 0.15) is 6.10 Å². The van der Waals surface area contributed by atoms with Gasteiger partial charge in [0, 0.05) is 25.6 Å². The van der Waals surface area contributed by atoms with E-state index in [0.717, 1.165) is 38.9 Å². The van der Waals surface area contributed by atoms with E-state index in [2.05, 4.69) is 32.3 Å². The fraction of sp³-hybridized carbons (Fsp3) is 0.857. The molecule has 2 saturated heterocycles. The Hall–Kier alpha value is -0.870. The summed E-state index contributed by atoms with van der Waals surface area (Å²) in [5.74, 6) is 1.01. The third kappa shape index (κ3) is 3.16. The maximum atomic E-state index is 12.7. The highest BCUT2D eigenvalue weighted by Gasteiger charge is 2.55. The van der Waals surface area contributed by atoms with Crippen molar-refractivity contribution in [3.8, 4) is 0 Å². The molecule has 4 heteroatoms. The maximum absolute atomic E-state index is 12.7. The zero-order valence-electron chi connectivity index (χ0n) is 16.0. The van der Waals surface area contributed by atoms with Crippen LogP contribution in [-0.4, -0.2) is 48.8 Å². The van der Waals surface area contributed by atoms with Gasteiger partial charge in [0.05, 0.1) is 18.1 Å². The molecule has 0 unspecified atom stereocenters. The molecule has 0 spiro atoms. The first-order valence-electron chi connectivity index (χ1n) is 10.1. The molecule has 0 aromatic carbocycles. The van der Waals surface area contributed by atoms with Gasteiger partial charge in [-0.05, 0) is 57.3 Å². The Morgan fingerprint density at radius 3 is 2.72 bits per heavy atom. The lowest BCUT2D eigenvalue weighted by atomic mass is 9.55. The molecular formula is C21H33NO3. The third-order valence-corrected chi connectivity index (χ3v) is 7.27. The molecule has 4 rings (SSSR count). The number of ether oxygens (including phenoxy) is 2. The van der Waals surface area contributed by atoms with Gasteiger partial charge in [-0.25, -0.2) is 0 Å². The van der Waals surface area contributed by atoms with Crippen LogP contribution in [0.5, 0.6) is 0 Å². The molecule has 2 aliphatic carbocycles. The van der Waals surface area contributed by atoms with Crippen molar-refractivity contribution in [3.05, 3.63) is 12.2 Å². The number of hydrogen-bond donors (Lipinski definition) is 0. The summed E-state index contributed by atoms with van der Waals surface area (Å²) in [6, 6.07) is 0. The van der Waals surface area contributed by atoms with Crippen LogP contribution in [0, 0.1) is 23.2 Å². The largest absolute Gasteiger partial charge is 0.462 e. The summed E-state index contributed by atoms with van der Waals surface area (Å²) in [5, 5.41) is 0. The third-order valence-electron chi connectivity index (χ3n) is 7.27. The molecule has 7 atom stereocenters. The van der Waals surface area contributed by atoms with Gasteiger partial charge in [0.2, 0.25) is 0 Å². The maximum Gasteiger partial charge on any atom is 0.310 e. The lowest BCUT2D eigenvalue weighted by Crippen LogP contribution is -2.49. The Bertz CT molecular complexity index is 551. The lowest BCUT2D eigenvalue weighted by Gasteiger charge is -2.50. The van der Waals surface area contributed by atoms with Crippen LogP contribution in [0.25, 0.3) is 0 Å². The molecule has 0 aromatic heterocycles. The molecule has 4 aliphatic rings. The predicted octanol–water partition coefficient (Wildman–Crippen LogP) is 3.41. The van der Waals surface area contributed by atoms with Gasteiger partial charge in [0.25, 0.3) is 0 Å². The Kier molecular flexibility index (Phi) is 4.48. The zero-order valence-corrected chi connectivity index (χ0v) is 16.0. The standard InChI is InChI=1S/C21H33NO3/c1-13-6-5-7-21(4)9-19-16(8-18(13)21)17(20(23)25-19)12-22-10-14(2)24-15(3)11-22/h14-19H,1,5-12H2,2-4H3/t14-,15+,16-,17-,18+,19-,21-/m1/s1. The summed E-state index contributed by atoms with van der Waals surface area (Å²) in [4.78, 5) is 15.1. The summed E-state index contributed by atoms with van der Waals surface area (Å²) >= 11 is 0. The fourth-order valence-electron chi connectivity index (χ4n) is 6.18. The summed E-state index contributed by atoms with van der Waals surface area (Å²) < 4.78 is 11.7. The van der Waals surface area contributed by atoms with Gasteiger partial charge >= 0.3 is 5.97 Å². The Balaban J connectivity index is 1.49. The molecule has 0 radical (unpaired) electrons. The van der Waals surface area contributed by atoms with Gasteiger partial charge in [-0.2, -0.15) is 0 Å². The molecule has 2 saturated carbocycles. The van der Waals surface area contributed by atoms with E-state index in [1.807, 2.05) is 0 Å². The Labute approximate surface area is 151 Å². The van der Waals surface area contributed by atoms with Crippen LogP contribution in [0.3, 0.4) is 0 Å². The number of morpholine rings is 1. The minimum Gasteiger partial charge on any atom is -0.462 e. The van der Waals surface area contributed by atoms with Crippen molar-refractivity contribution in [1.82, 2.24) is 4.90 Å². The first-order chi connectivity index (χ1) is 11.9. The van der Waals surface area contributed by atoms with Crippen LogP contribution < -0.4 is 0 Å². The fourth-order valence-corrected chi connectivity index (χ4v) is 6.18. The summed E-state index contributed by atoms with van der Waals surface area (Å²) in [7, 11) is 0. The van der Waals surface area contributed by atoms with E-state index in [0.29, 0.717) is 11.8 Å². The highest BCUT2D eigenvalue weighted by Crippen LogP contribution is 2.56. The van der Waals surface area contributed by atoms with Crippen molar-refractivity contribution in [2.45, 2.75) is 71.2 Å². The zero-order chi connectivity index (χ0) is 17.8. The van der Waals surface area contributed by atoms with Crippen LogP contribution in [0.4, 0.5) is 0 Å². The van der Waals surface area contributed by atoms with E-state index >= 15 is 0 Å². The number of allylic oxidation sites excluding steroid dienone is 1. The summed E-state index contributed by atoms with van der Waals surface area (Å²) in [6.07, 6.45) is 6.38. The van der Waals surface area contributed by atoms with Crippen molar-refractivity contribution < 1.29 is 14.3 Å². The molecule has 0 aromatic rings. The molecule has 0 bridgehead atoms.